The van der Waals surface area contributed by atoms with Gasteiger partial charge < -0.3 is 10.6 Å². The fraction of sp³-hybridized carbons (Fsp3) is 1.00. The summed E-state index contributed by atoms with van der Waals surface area (Å²) in [7, 11) is 0. The standard InChI is InChI=1S/C13H28N2/c1-11(2)9-14-7-4-8-15-10-12(3)13-5-6-13/h11-15H,4-10H2,1-3H3. The molecule has 0 spiro atoms. The molecule has 1 atom stereocenters. The third kappa shape index (κ3) is 6.91. The Morgan fingerprint density at radius 2 is 1.60 bits per heavy atom. The highest BCUT2D eigenvalue weighted by molar-refractivity contribution is 4.79. The molecule has 1 aliphatic rings. The highest BCUT2D eigenvalue weighted by Crippen LogP contribution is 2.35. The summed E-state index contributed by atoms with van der Waals surface area (Å²) in [5, 5.41) is 7.02. The first-order valence-corrected chi connectivity index (χ1v) is 6.61. The molecule has 0 aromatic heterocycles. The lowest BCUT2D eigenvalue weighted by molar-refractivity contribution is 0.453. The van der Waals surface area contributed by atoms with Crippen LogP contribution in [-0.2, 0) is 0 Å². The van der Waals surface area contributed by atoms with E-state index in [4.69, 9.17) is 0 Å². The second kappa shape index (κ2) is 7.24. The number of rotatable bonds is 9. The van der Waals surface area contributed by atoms with Crippen molar-refractivity contribution in [2.45, 2.75) is 40.0 Å². The molecule has 0 aromatic rings. The molecule has 1 aliphatic carbocycles. The van der Waals surface area contributed by atoms with Gasteiger partial charge in [-0.3, -0.25) is 0 Å². The van der Waals surface area contributed by atoms with Crippen molar-refractivity contribution in [3.8, 4) is 0 Å². The summed E-state index contributed by atoms with van der Waals surface area (Å²) < 4.78 is 0. The van der Waals surface area contributed by atoms with Crippen LogP contribution in [0.5, 0.6) is 0 Å². The van der Waals surface area contributed by atoms with Gasteiger partial charge in [-0.2, -0.15) is 0 Å². The topological polar surface area (TPSA) is 24.1 Å². The molecule has 1 unspecified atom stereocenters. The lowest BCUT2D eigenvalue weighted by Gasteiger charge is -2.11. The van der Waals surface area contributed by atoms with Crippen LogP contribution in [0.25, 0.3) is 0 Å². The first-order chi connectivity index (χ1) is 7.20. The number of hydrogen-bond donors (Lipinski definition) is 2. The van der Waals surface area contributed by atoms with Crippen LogP contribution in [0.3, 0.4) is 0 Å². The van der Waals surface area contributed by atoms with Crippen LogP contribution in [-0.4, -0.2) is 26.2 Å². The minimum absolute atomic E-state index is 0.771. The van der Waals surface area contributed by atoms with Gasteiger partial charge in [0.15, 0.2) is 0 Å². The Morgan fingerprint density at radius 3 is 2.13 bits per heavy atom. The van der Waals surface area contributed by atoms with Crippen LogP contribution in [0.1, 0.15) is 40.0 Å². The second-order valence-corrected chi connectivity index (χ2v) is 5.47. The summed E-state index contributed by atoms with van der Waals surface area (Å²) in [6.45, 7) is 11.6. The van der Waals surface area contributed by atoms with Gasteiger partial charge in [-0.25, -0.2) is 0 Å². The van der Waals surface area contributed by atoms with Crippen LogP contribution in [0.4, 0.5) is 0 Å². The van der Waals surface area contributed by atoms with Crippen molar-refractivity contribution in [1.29, 1.82) is 0 Å². The Kier molecular flexibility index (Phi) is 6.26. The van der Waals surface area contributed by atoms with E-state index in [0.29, 0.717) is 0 Å². The van der Waals surface area contributed by atoms with Crippen molar-refractivity contribution in [3.63, 3.8) is 0 Å². The van der Waals surface area contributed by atoms with Crippen molar-refractivity contribution in [1.82, 2.24) is 10.6 Å². The molecule has 0 saturated heterocycles. The largest absolute Gasteiger partial charge is 0.316 e. The van der Waals surface area contributed by atoms with E-state index < -0.39 is 0 Å². The van der Waals surface area contributed by atoms with Crippen molar-refractivity contribution in [3.05, 3.63) is 0 Å². The summed E-state index contributed by atoms with van der Waals surface area (Å²) >= 11 is 0. The molecular formula is C13H28N2. The van der Waals surface area contributed by atoms with Crippen LogP contribution in [0, 0.1) is 17.8 Å². The maximum atomic E-state index is 3.55. The lowest BCUT2D eigenvalue weighted by Crippen LogP contribution is -2.27. The first kappa shape index (κ1) is 13.0. The third-order valence-electron chi connectivity index (χ3n) is 3.15. The predicted molar refractivity (Wildman–Crippen MR) is 67.1 cm³/mol. The lowest BCUT2D eigenvalue weighted by atomic mass is 10.1. The Hall–Kier alpha value is -0.0800. The Labute approximate surface area is 95.2 Å². The minimum Gasteiger partial charge on any atom is -0.316 e. The van der Waals surface area contributed by atoms with E-state index in [-0.39, 0.29) is 0 Å². The molecule has 0 bridgehead atoms. The van der Waals surface area contributed by atoms with Gasteiger partial charge in [-0.1, -0.05) is 20.8 Å². The molecule has 0 amide bonds. The highest BCUT2D eigenvalue weighted by Gasteiger charge is 2.27. The Morgan fingerprint density at radius 1 is 1.00 bits per heavy atom. The van der Waals surface area contributed by atoms with E-state index in [1.54, 1.807) is 0 Å². The summed E-state index contributed by atoms with van der Waals surface area (Å²) in [5.41, 5.74) is 0. The van der Waals surface area contributed by atoms with Crippen molar-refractivity contribution < 1.29 is 0 Å². The van der Waals surface area contributed by atoms with Gasteiger partial charge in [0.2, 0.25) is 0 Å². The molecule has 2 nitrogen and oxygen atoms in total. The molecule has 2 heteroatoms. The summed E-state index contributed by atoms with van der Waals surface area (Å²) in [5.74, 6) is 2.71. The number of hydrogen-bond acceptors (Lipinski definition) is 2. The van der Waals surface area contributed by atoms with Crippen LogP contribution < -0.4 is 10.6 Å². The third-order valence-corrected chi connectivity index (χ3v) is 3.15. The van der Waals surface area contributed by atoms with Gasteiger partial charge in [0.1, 0.15) is 0 Å². The maximum absolute atomic E-state index is 3.55. The molecule has 0 radical (unpaired) electrons. The van der Waals surface area contributed by atoms with Gasteiger partial charge >= 0.3 is 0 Å². The molecule has 2 N–H and O–H groups in total. The van der Waals surface area contributed by atoms with E-state index in [2.05, 4.69) is 31.4 Å². The van der Waals surface area contributed by atoms with E-state index in [0.717, 1.165) is 30.8 Å². The number of nitrogens with one attached hydrogen (secondary N) is 2. The van der Waals surface area contributed by atoms with Gasteiger partial charge in [-0.05, 0) is 63.2 Å². The smallest absolute Gasteiger partial charge is 0.00205 e. The van der Waals surface area contributed by atoms with Gasteiger partial charge in [0.05, 0.1) is 0 Å². The normalized spacial score (nSPS) is 18.4. The summed E-state index contributed by atoms with van der Waals surface area (Å²) in [4.78, 5) is 0. The van der Waals surface area contributed by atoms with Crippen LogP contribution >= 0.6 is 0 Å². The van der Waals surface area contributed by atoms with E-state index >= 15 is 0 Å². The second-order valence-electron chi connectivity index (χ2n) is 5.47. The van der Waals surface area contributed by atoms with Gasteiger partial charge in [-0.15, -0.1) is 0 Å². The average Bonchev–Trinajstić information content (AvgIpc) is 2.98. The van der Waals surface area contributed by atoms with Crippen molar-refractivity contribution >= 4 is 0 Å². The molecule has 1 fully saturated rings. The molecule has 1 saturated carbocycles. The quantitative estimate of drug-likeness (QED) is 0.573. The van der Waals surface area contributed by atoms with Crippen LogP contribution in [0.15, 0.2) is 0 Å². The zero-order chi connectivity index (χ0) is 11.1. The summed E-state index contributed by atoms with van der Waals surface area (Å²) in [6, 6.07) is 0. The van der Waals surface area contributed by atoms with Crippen LogP contribution in [0.2, 0.25) is 0 Å². The van der Waals surface area contributed by atoms with Gasteiger partial charge in [0.25, 0.3) is 0 Å². The molecule has 90 valence electrons. The highest BCUT2D eigenvalue weighted by atomic mass is 14.9. The molecule has 0 aliphatic heterocycles. The maximum Gasteiger partial charge on any atom is -0.00205 e. The fourth-order valence-corrected chi connectivity index (χ4v) is 1.89. The predicted octanol–water partition coefficient (Wildman–Crippen LogP) is 2.26. The molecule has 0 aromatic carbocycles. The van der Waals surface area contributed by atoms with Gasteiger partial charge in [0, 0.05) is 0 Å². The summed E-state index contributed by atoms with van der Waals surface area (Å²) in [6.07, 6.45) is 4.20. The minimum atomic E-state index is 0.771. The SMILES string of the molecule is CC(C)CNCCCNCC(C)C1CC1. The van der Waals surface area contributed by atoms with E-state index in [1.165, 1.54) is 32.4 Å². The van der Waals surface area contributed by atoms with Crippen molar-refractivity contribution in [2.75, 3.05) is 26.2 Å². The fourth-order valence-electron chi connectivity index (χ4n) is 1.89. The molecule has 1 rings (SSSR count). The Balaban J connectivity index is 1.76. The van der Waals surface area contributed by atoms with E-state index in [1.807, 2.05) is 0 Å². The zero-order valence-corrected chi connectivity index (χ0v) is 10.7. The average molecular weight is 212 g/mol. The zero-order valence-electron chi connectivity index (χ0n) is 10.7. The van der Waals surface area contributed by atoms with Crippen molar-refractivity contribution in [2.24, 2.45) is 17.8 Å². The molecular weight excluding hydrogens is 184 g/mol. The molecule has 0 heterocycles. The first-order valence-electron chi connectivity index (χ1n) is 6.61. The van der Waals surface area contributed by atoms with E-state index in [9.17, 15) is 0 Å². The monoisotopic (exact) mass is 212 g/mol. The molecule has 15 heavy (non-hydrogen) atoms. The Bertz CT molecular complexity index is 153.